The summed E-state index contributed by atoms with van der Waals surface area (Å²) in [6.07, 6.45) is 5.40. The molecule has 0 N–H and O–H groups in total. The normalized spacial score (nSPS) is 15.6. The second-order valence-corrected chi connectivity index (χ2v) is 7.95. The molecule has 7 heteroatoms. The number of nitrogens with zero attached hydrogens (tertiary/aromatic N) is 4. The molecule has 1 fully saturated rings. The number of hydrogen-bond acceptors (Lipinski definition) is 4. The Hall–Kier alpha value is -2.57. The molecule has 0 radical (unpaired) electrons. The third-order valence-corrected chi connectivity index (χ3v) is 5.78. The van der Waals surface area contributed by atoms with Crippen LogP contribution in [0, 0.1) is 0 Å². The lowest BCUT2D eigenvalue weighted by atomic mass is 10.0. The van der Waals surface area contributed by atoms with Crippen molar-refractivity contribution in [1.82, 2.24) is 19.2 Å². The molecule has 0 saturated carbocycles. The molecule has 1 aliphatic rings. The molecule has 152 valence electrons. The van der Waals surface area contributed by atoms with Crippen molar-refractivity contribution >= 4 is 23.2 Å². The Morgan fingerprint density at radius 3 is 2.72 bits per heavy atom. The summed E-state index contributed by atoms with van der Waals surface area (Å²) in [6.45, 7) is 2.44. The van der Waals surface area contributed by atoms with Gasteiger partial charge >= 0.3 is 0 Å². The molecule has 2 aromatic heterocycles. The van der Waals surface area contributed by atoms with E-state index in [1.165, 1.54) is 0 Å². The molecule has 3 aromatic rings. The standard InChI is InChI=1S/C22H25ClN4O2/c1-25-11-9-18(10-12-25)27(13-16-5-3-4-6-20(16)29-2)22(28)19-15-26-14-17(23)7-8-21(26)24-19/h3-8,14-15,18H,9-13H2,1-2H3. The van der Waals surface area contributed by atoms with E-state index < -0.39 is 0 Å². The summed E-state index contributed by atoms with van der Waals surface area (Å²) in [5.41, 5.74) is 2.13. The molecule has 0 bridgehead atoms. The van der Waals surface area contributed by atoms with E-state index in [-0.39, 0.29) is 11.9 Å². The van der Waals surface area contributed by atoms with E-state index in [4.69, 9.17) is 16.3 Å². The first-order valence-electron chi connectivity index (χ1n) is 9.81. The summed E-state index contributed by atoms with van der Waals surface area (Å²) in [5.74, 6) is 0.727. The molecule has 1 saturated heterocycles. The van der Waals surface area contributed by atoms with Crippen LogP contribution in [0.15, 0.2) is 48.8 Å². The number of pyridine rings is 1. The number of imidazole rings is 1. The van der Waals surface area contributed by atoms with Gasteiger partial charge in [0.15, 0.2) is 0 Å². The number of carbonyl (C=O) groups is 1. The van der Waals surface area contributed by atoms with Gasteiger partial charge in [0, 0.05) is 30.5 Å². The van der Waals surface area contributed by atoms with Crippen molar-refractivity contribution < 1.29 is 9.53 Å². The fourth-order valence-electron chi connectivity index (χ4n) is 3.91. The maximum atomic E-state index is 13.5. The Labute approximate surface area is 175 Å². The summed E-state index contributed by atoms with van der Waals surface area (Å²) in [6, 6.07) is 11.6. The topological polar surface area (TPSA) is 50.1 Å². The van der Waals surface area contributed by atoms with Crippen LogP contribution in [0.25, 0.3) is 5.65 Å². The number of halogens is 1. The molecule has 0 atom stereocenters. The number of fused-ring (bicyclic) bond motifs is 1. The first kappa shape index (κ1) is 19.7. The molecule has 0 aliphatic carbocycles. The number of amides is 1. The van der Waals surface area contributed by atoms with Crippen LogP contribution < -0.4 is 4.74 Å². The number of para-hydroxylation sites is 1. The van der Waals surface area contributed by atoms with Gasteiger partial charge < -0.3 is 18.9 Å². The van der Waals surface area contributed by atoms with Crippen molar-refractivity contribution in [2.24, 2.45) is 0 Å². The predicted molar refractivity (Wildman–Crippen MR) is 114 cm³/mol. The zero-order valence-corrected chi connectivity index (χ0v) is 17.5. The molecule has 1 aliphatic heterocycles. The van der Waals surface area contributed by atoms with Gasteiger partial charge in [0.1, 0.15) is 17.1 Å². The van der Waals surface area contributed by atoms with Crippen LogP contribution in [0.5, 0.6) is 5.75 Å². The van der Waals surface area contributed by atoms with Gasteiger partial charge in [-0.15, -0.1) is 0 Å². The van der Waals surface area contributed by atoms with Crippen LogP contribution >= 0.6 is 11.6 Å². The smallest absolute Gasteiger partial charge is 0.274 e. The summed E-state index contributed by atoms with van der Waals surface area (Å²) in [5, 5.41) is 0.607. The molecule has 1 aromatic carbocycles. The van der Waals surface area contributed by atoms with Gasteiger partial charge in [-0.1, -0.05) is 29.8 Å². The van der Waals surface area contributed by atoms with Crippen LogP contribution in [0.3, 0.4) is 0 Å². The van der Waals surface area contributed by atoms with Gasteiger partial charge in [0.2, 0.25) is 0 Å². The zero-order valence-electron chi connectivity index (χ0n) is 16.7. The van der Waals surface area contributed by atoms with Gasteiger partial charge in [-0.05, 0) is 51.2 Å². The van der Waals surface area contributed by atoms with E-state index in [2.05, 4.69) is 16.9 Å². The zero-order chi connectivity index (χ0) is 20.4. The molecule has 3 heterocycles. The maximum Gasteiger partial charge on any atom is 0.274 e. The minimum absolute atomic E-state index is 0.0646. The third kappa shape index (κ3) is 4.23. The van der Waals surface area contributed by atoms with Gasteiger partial charge in [-0.25, -0.2) is 4.98 Å². The van der Waals surface area contributed by atoms with Crippen molar-refractivity contribution in [3.05, 3.63) is 65.1 Å². The number of aromatic nitrogens is 2. The highest BCUT2D eigenvalue weighted by atomic mass is 35.5. The molecule has 29 heavy (non-hydrogen) atoms. The number of ether oxygens (including phenoxy) is 1. The average Bonchev–Trinajstić information content (AvgIpc) is 3.16. The number of piperidine rings is 1. The minimum atomic E-state index is -0.0646. The predicted octanol–water partition coefficient (Wildman–Crippen LogP) is 3.73. The second kappa shape index (κ2) is 8.43. The van der Waals surface area contributed by atoms with Crippen LogP contribution in [-0.2, 0) is 6.54 Å². The highest BCUT2D eigenvalue weighted by Gasteiger charge is 2.29. The monoisotopic (exact) mass is 412 g/mol. The Morgan fingerprint density at radius 2 is 1.97 bits per heavy atom. The number of likely N-dealkylation sites (tertiary alicyclic amines) is 1. The Bertz CT molecular complexity index is 1010. The number of benzene rings is 1. The third-order valence-electron chi connectivity index (χ3n) is 5.56. The lowest BCUT2D eigenvalue weighted by Crippen LogP contribution is -2.46. The summed E-state index contributed by atoms with van der Waals surface area (Å²) < 4.78 is 7.31. The molecular formula is C22H25ClN4O2. The van der Waals surface area contributed by atoms with E-state index >= 15 is 0 Å². The van der Waals surface area contributed by atoms with Crippen molar-refractivity contribution in [2.75, 3.05) is 27.2 Å². The van der Waals surface area contributed by atoms with E-state index in [0.717, 1.165) is 37.2 Å². The van der Waals surface area contributed by atoms with E-state index in [1.807, 2.05) is 35.2 Å². The van der Waals surface area contributed by atoms with Crippen LogP contribution in [0.4, 0.5) is 0 Å². The van der Waals surface area contributed by atoms with Crippen molar-refractivity contribution in [3.63, 3.8) is 0 Å². The second-order valence-electron chi connectivity index (χ2n) is 7.52. The van der Waals surface area contributed by atoms with Gasteiger partial charge in [0.25, 0.3) is 5.91 Å². The van der Waals surface area contributed by atoms with Gasteiger partial charge in [0.05, 0.1) is 12.1 Å². The molecule has 0 unspecified atom stereocenters. The Morgan fingerprint density at radius 1 is 1.21 bits per heavy atom. The molecular weight excluding hydrogens is 388 g/mol. The Kier molecular flexibility index (Phi) is 5.74. The van der Waals surface area contributed by atoms with Gasteiger partial charge in [-0.2, -0.15) is 0 Å². The van der Waals surface area contributed by atoms with Crippen molar-refractivity contribution in [1.29, 1.82) is 0 Å². The van der Waals surface area contributed by atoms with E-state index in [1.54, 1.807) is 30.0 Å². The number of carbonyl (C=O) groups excluding carboxylic acids is 1. The van der Waals surface area contributed by atoms with E-state index in [9.17, 15) is 4.79 Å². The maximum absolute atomic E-state index is 13.5. The van der Waals surface area contributed by atoms with Gasteiger partial charge in [-0.3, -0.25) is 4.79 Å². The largest absolute Gasteiger partial charge is 0.496 e. The first-order valence-corrected chi connectivity index (χ1v) is 10.2. The van der Waals surface area contributed by atoms with Crippen LogP contribution in [0.1, 0.15) is 28.9 Å². The molecule has 6 nitrogen and oxygen atoms in total. The first-order chi connectivity index (χ1) is 14.0. The fourth-order valence-corrected chi connectivity index (χ4v) is 4.07. The number of hydrogen-bond donors (Lipinski definition) is 0. The molecule has 4 rings (SSSR count). The quantitative estimate of drug-likeness (QED) is 0.640. The molecule has 1 amide bonds. The number of rotatable bonds is 5. The lowest BCUT2D eigenvalue weighted by molar-refractivity contribution is 0.0562. The highest BCUT2D eigenvalue weighted by Crippen LogP contribution is 2.25. The highest BCUT2D eigenvalue weighted by molar-refractivity contribution is 6.30. The van der Waals surface area contributed by atoms with Crippen LogP contribution in [0.2, 0.25) is 5.02 Å². The lowest BCUT2D eigenvalue weighted by Gasteiger charge is -2.37. The average molecular weight is 413 g/mol. The summed E-state index contributed by atoms with van der Waals surface area (Å²) in [7, 11) is 3.78. The summed E-state index contributed by atoms with van der Waals surface area (Å²) in [4.78, 5) is 22.3. The van der Waals surface area contributed by atoms with Crippen molar-refractivity contribution in [3.8, 4) is 5.75 Å². The molecule has 0 spiro atoms. The van der Waals surface area contributed by atoms with Crippen LogP contribution in [-0.4, -0.2) is 58.4 Å². The van der Waals surface area contributed by atoms with E-state index in [0.29, 0.717) is 22.9 Å². The van der Waals surface area contributed by atoms with Crippen molar-refractivity contribution in [2.45, 2.75) is 25.4 Å². The SMILES string of the molecule is COc1ccccc1CN(C(=O)c1cn2cc(Cl)ccc2n1)C1CCN(C)CC1. The fraction of sp³-hybridized carbons (Fsp3) is 0.364. The number of methoxy groups -OCH3 is 1. The Balaban J connectivity index is 1.67. The summed E-state index contributed by atoms with van der Waals surface area (Å²) >= 11 is 6.08. The minimum Gasteiger partial charge on any atom is -0.496 e.